The van der Waals surface area contributed by atoms with Crippen LogP contribution < -0.4 is 0 Å². The summed E-state index contributed by atoms with van der Waals surface area (Å²) in [5, 5.41) is 0. The molecule has 0 spiro atoms. The zero-order chi connectivity index (χ0) is 11.3. The van der Waals surface area contributed by atoms with Crippen LogP contribution in [0.3, 0.4) is 0 Å². The molecule has 0 radical (unpaired) electrons. The largest absolute Gasteiger partial charge is 0.381 e. The van der Waals surface area contributed by atoms with Gasteiger partial charge in [-0.05, 0) is 13.8 Å². The van der Waals surface area contributed by atoms with E-state index in [2.05, 4.69) is 0 Å². The predicted molar refractivity (Wildman–Crippen MR) is 57.8 cm³/mol. The number of fused-ring (bicyclic) bond motifs is 2. The summed E-state index contributed by atoms with van der Waals surface area (Å²) in [6.07, 6.45) is -0.0254. The monoisotopic (exact) mass is 214 g/mol. The van der Waals surface area contributed by atoms with E-state index in [-0.39, 0.29) is 23.8 Å². The molecule has 0 amide bonds. The summed E-state index contributed by atoms with van der Waals surface area (Å²) in [5.74, 6) is 0. The van der Waals surface area contributed by atoms with E-state index in [0.717, 1.165) is 0 Å². The maximum absolute atomic E-state index is 6.03. The highest BCUT2D eigenvalue weighted by molar-refractivity contribution is 6.11. The normalized spacial score (nSPS) is 47.3. The topological polar surface area (TPSA) is 36.9 Å². The molecule has 0 aromatic carbocycles. The second-order valence-corrected chi connectivity index (χ2v) is 4.89. The number of rotatable bonds is 3. The van der Waals surface area contributed by atoms with Crippen molar-refractivity contribution in [2.45, 2.75) is 43.3 Å². The number of ether oxygens (including phenoxy) is 4. The molecular formula is C10H19BO4. The second-order valence-electron chi connectivity index (χ2n) is 4.89. The summed E-state index contributed by atoms with van der Waals surface area (Å²) in [6.45, 7) is 4.56. The van der Waals surface area contributed by atoms with Crippen molar-refractivity contribution in [3.63, 3.8) is 0 Å². The van der Waals surface area contributed by atoms with Crippen LogP contribution in [-0.2, 0) is 18.9 Å². The van der Waals surface area contributed by atoms with Gasteiger partial charge in [0.15, 0.2) is 0 Å². The van der Waals surface area contributed by atoms with Gasteiger partial charge in [0.05, 0.1) is 18.2 Å². The lowest BCUT2D eigenvalue weighted by molar-refractivity contribution is -0.223. The highest BCUT2D eigenvalue weighted by atomic mass is 16.7. The van der Waals surface area contributed by atoms with E-state index in [1.807, 2.05) is 21.7 Å². The molecular weight excluding hydrogens is 195 g/mol. The smallest absolute Gasteiger partial charge is 0.148 e. The predicted octanol–water partition coefficient (Wildman–Crippen LogP) is -0.447. The molecule has 2 fully saturated rings. The standard InChI is InChI=1S/C10H19BO4/c1-9(2)10(5-12-3)7(13-4)6(14-9)8(11)15-10/h6-8H,5,11H2,1-4H3/t6-,7?,8+,10-/m0/s1. The minimum absolute atomic E-state index is 0.0140. The first-order valence-electron chi connectivity index (χ1n) is 5.36. The van der Waals surface area contributed by atoms with E-state index >= 15 is 0 Å². The zero-order valence-electron chi connectivity index (χ0n) is 10.1. The Morgan fingerprint density at radius 1 is 1.27 bits per heavy atom. The highest BCUT2D eigenvalue weighted by Crippen LogP contribution is 2.50. The molecule has 0 N–H and O–H groups in total. The lowest BCUT2D eigenvalue weighted by atomic mass is 9.84. The molecule has 0 aromatic rings. The summed E-state index contributed by atoms with van der Waals surface area (Å²) in [6, 6.07) is 0.0677. The fraction of sp³-hybridized carbons (Fsp3) is 1.00. The zero-order valence-corrected chi connectivity index (χ0v) is 10.1. The van der Waals surface area contributed by atoms with Crippen molar-refractivity contribution in [2.75, 3.05) is 20.8 Å². The van der Waals surface area contributed by atoms with Crippen LogP contribution in [0, 0.1) is 0 Å². The summed E-state index contributed by atoms with van der Waals surface area (Å²) >= 11 is 0. The van der Waals surface area contributed by atoms with Crippen molar-refractivity contribution in [1.29, 1.82) is 0 Å². The van der Waals surface area contributed by atoms with Crippen molar-refractivity contribution in [3.8, 4) is 0 Å². The van der Waals surface area contributed by atoms with Gasteiger partial charge < -0.3 is 18.9 Å². The Kier molecular flexibility index (Phi) is 2.62. The van der Waals surface area contributed by atoms with Gasteiger partial charge in [-0.1, -0.05) is 0 Å². The highest BCUT2D eigenvalue weighted by Gasteiger charge is 2.69. The second kappa shape index (κ2) is 3.45. The molecule has 2 aliphatic heterocycles. The number of hydrogen-bond acceptors (Lipinski definition) is 4. The molecule has 15 heavy (non-hydrogen) atoms. The SMILES string of the molecule is B[C@@H]1O[C@@]2(COC)C(OC)[C@@H]1OC2(C)C. The summed E-state index contributed by atoms with van der Waals surface area (Å²) in [7, 11) is 5.40. The lowest BCUT2D eigenvalue weighted by Crippen LogP contribution is -2.58. The van der Waals surface area contributed by atoms with Gasteiger partial charge in [0.1, 0.15) is 25.7 Å². The van der Waals surface area contributed by atoms with Crippen molar-refractivity contribution in [3.05, 3.63) is 0 Å². The Morgan fingerprint density at radius 2 is 1.93 bits per heavy atom. The van der Waals surface area contributed by atoms with Crippen LogP contribution in [0.1, 0.15) is 13.8 Å². The molecule has 0 aromatic heterocycles. The molecule has 0 aliphatic carbocycles. The van der Waals surface area contributed by atoms with Gasteiger partial charge in [0.2, 0.25) is 0 Å². The average Bonchev–Trinajstić information content (AvgIpc) is 2.51. The minimum atomic E-state index is -0.472. The molecule has 86 valence electrons. The lowest BCUT2D eigenvalue weighted by Gasteiger charge is -2.42. The molecule has 2 bridgehead atoms. The van der Waals surface area contributed by atoms with E-state index in [1.165, 1.54) is 0 Å². The van der Waals surface area contributed by atoms with Crippen LogP contribution in [0.15, 0.2) is 0 Å². The molecule has 2 rings (SSSR count). The molecule has 2 saturated heterocycles. The van der Waals surface area contributed by atoms with E-state index in [9.17, 15) is 0 Å². The quantitative estimate of drug-likeness (QED) is 0.596. The molecule has 2 aliphatic rings. The summed E-state index contributed by atoms with van der Waals surface area (Å²) < 4.78 is 22.8. The van der Waals surface area contributed by atoms with Crippen molar-refractivity contribution >= 4 is 7.85 Å². The Morgan fingerprint density at radius 3 is 2.47 bits per heavy atom. The van der Waals surface area contributed by atoms with Crippen molar-refractivity contribution in [2.24, 2.45) is 0 Å². The van der Waals surface area contributed by atoms with Gasteiger partial charge in [0.25, 0.3) is 0 Å². The van der Waals surface area contributed by atoms with Crippen LogP contribution in [0.5, 0.6) is 0 Å². The third-order valence-electron chi connectivity index (χ3n) is 3.68. The Labute approximate surface area is 91.6 Å². The first kappa shape index (κ1) is 11.4. The minimum Gasteiger partial charge on any atom is -0.381 e. The van der Waals surface area contributed by atoms with Gasteiger partial charge in [-0.3, -0.25) is 0 Å². The van der Waals surface area contributed by atoms with Crippen LogP contribution in [0.25, 0.3) is 0 Å². The Balaban J connectivity index is 2.35. The average molecular weight is 214 g/mol. The van der Waals surface area contributed by atoms with Gasteiger partial charge in [-0.15, -0.1) is 0 Å². The van der Waals surface area contributed by atoms with Crippen LogP contribution in [0.2, 0.25) is 0 Å². The molecule has 4 atom stereocenters. The van der Waals surface area contributed by atoms with Crippen molar-refractivity contribution < 1.29 is 18.9 Å². The third kappa shape index (κ3) is 1.30. The molecule has 2 heterocycles. The molecule has 1 unspecified atom stereocenters. The molecule has 5 heteroatoms. The van der Waals surface area contributed by atoms with E-state index in [0.29, 0.717) is 6.61 Å². The first-order chi connectivity index (χ1) is 6.98. The van der Waals surface area contributed by atoms with Crippen LogP contribution in [-0.4, -0.2) is 58.1 Å². The van der Waals surface area contributed by atoms with Crippen LogP contribution >= 0.6 is 0 Å². The fourth-order valence-corrected chi connectivity index (χ4v) is 2.89. The van der Waals surface area contributed by atoms with Crippen molar-refractivity contribution in [1.82, 2.24) is 0 Å². The molecule has 4 nitrogen and oxygen atoms in total. The van der Waals surface area contributed by atoms with Gasteiger partial charge in [0, 0.05) is 14.2 Å². The van der Waals surface area contributed by atoms with E-state index < -0.39 is 5.60 Å². The molecule has 0 saturated carbocycles. The summed E-state index contributed by atoms with van der Waals surface area (Å²) in [4.78, 5) is 0. The maximum Gasteiger partial charge on any atom is 0.148 e. The number of hydrogen-bond donors (Lipinski definition) is 0. The van der Waals surface area contributed by atoms with Gasteiger partial charge in [-0.25, -0.2) is 0 Å². The van der Waals surface area contributed by atoms with E-state index in [1.54, 1.807) is 14.2 Å². The summed E-state index contributed by atoms with van der Waals surface area (Å²) in [5.41, 5.74) is -0.832. The first-order valence-corrected chi connectivity index (χ1v) is 5.36. The van der Waals surface area contributed by atoms with Gasteiger partial charge >= 0.3 is 0 Å². The maximum atomic E-state index is 6.03. The van der Waals surface area contributed by atoms with Crippen LogP contribution in [0.4, 0.5) is 0 Å². The third-order valence-corrected chi connectivity index (χ3v) is 3.68. The number of methoxy groups -OCH3 is 2. The van der Waals surface area contributed by atoms with E-state index in [4.69, 9.17) is 18.9 Å². The Bertz CT molecular complexity index is 258. The van der Waals surface area contributed by atoms with Gasteiger partial charge in [-0.2, -0.15) is 0 Å². The fourth-order valence-electron chi connectivity index (χ4n) is 2.89. The Hall–Kier alpha value is -0.0951.